The summed E-state index contributed by atoms with van der Waals surface area (Å²) in [7, 11) is 0. The molecule has 1 amide bonds. The number of hydrogen-bond acceptors (Lipinski definition) is 3. The Labute approximate surface area is 229 Å². The van der Waals surface area contributed by atoms with Crippen LogP contribution in [0.1, 0.15) is 37.4 Å². The van der Waals surface area contributed by atoms with Crippen LogP contribution in [0.2, 0.25) is 0 Å². The van der Waals surface area contributed by atoms with E-state index in [1.807, 2.05) is 60.8 Å². The quantitative estimate of drug-likeness (QED) is 0.247. The number of fused-ring (bicyclic) bond motifs is 2. The lowest BCUT2D eigenvalue weighted by atomic mass is 9.99. The number of carboxylic acids is 1. The number of benzene rings is 4. The lowest BCUT2D eigenvalue weighted by molar-refractivity contribution is 0.0696. The Hall–Kier alpha value is -5.30. The Morgan fingerprint density at radius 2 is 1.55 bits per heavy atom. The Balaban J connectivity index is 1.36. The number of nitrogens with one attached hydrogen (secondary N) is 1. The number of aromatic carboxylic acids is 1. The summed E-state index contributed by atoms with van der Waals surface area (Å²) >= 11 is 0. The van der Waals surface area contributed by atoms with Gasteiger partial charge in [-0.15, -0.1) is 0 Å². The third-order valence-corrected chi connectivity index (χ3v) is 6.95. The highest BCUT2D eigenvalue weighted by molar-refractivity contribution is 6.02. The number of amides is 1. The molecule has 6 nitrogen and oxygen atoms in total. The molecule has 0 saturated carbocycles. The van der Waals surface area contributed by atoms with Gasteiger partial charge in [0.15, 0.2) is 0 Å². The maximum atomic E-state index is 13.6. The molecule has 4 aromatic carbocycles. The van der Waals surface area contributed by atoms with Crippen LogP contribution in [0.15, 0.2) is 109 Å². The maximum Gasteiger partial charge on any atom is 0.335 e. The first-order chi connectivity index (χ1) is 19.4. The lowest BCUT2D eigenvalue weighted by Crippen LogP contribution is -2.23. The van der Waals surface area contributed by atoms with Crippen LogP contribution < -0.4 is 5.32 Å². The molecule has 2 aromatic heterocycles. The molecule has 0 aliphatic heterocycles. The molecule has 0 saturated heterocycles. The topological polar surface area (TPSA) is 83.7 Å². The van der Waals surface area contributed by atoms with E-state index in [2.05, 4.69) is 10.4 Å². The number of carboxylic acid groups (broad SMARTS) is 1. The van der Waals surface area contributed by atoms with E-state index in [1.54, 1.807) is 28.9 Å². The highest BCUT2D eigenvalue weighted by atomic mass is 19.1. The van der Waals surface area contributed by atoms with Gasteiger partial charge in [0.05, 0.1) is 22.8 Å². The highest BCUT2D eigenvalue weighted by Crippen LogP contribution is 2.27. The van der Waals surface area contributed by atoms with Crippen LogP contribution in [0.25, 0.3) is 27.4 Å². The molecule has 0 aliphatic carbocycles. The van der Waals surface area contributed by atoms with E-state index in [9.17, 15) is 14.0 Å². The van der Waals surface area contributed by atoms with Crippen LogP contribution in [-0.2, 0) is 13.0 Å². The van der Waals surface area contributed by atoms with Crippen LogP contribution in [0.3, 0.4) is 0 Å². The zero-order valence-corrected chi connectivity index (χ0v) is 21.3. The number of aromatic nitrogens is 2. The van der Waals surface area contributed by atoms with E-state index in [0.29, 0.717) is 17.5 Å². The fourth-order valence-electron chi connectivity index (χ4n) is 4.91. The van der Waals surface area contributed by atoms with Gasteiger partial charge >= 0.3 is 5.97 Å². The second-order valence-corrected chi connectivity index (χ2v) is 9.66. The summed E-state index contributed by atoms with van der Waals surface area (Å²) < 4.78 is 15.4. The molecule has 0 radical (unpaired) electrons. The van der Waals surface area contributed by atoms with Gasteiger partial charge in [-0.1, -0.05) is 66.7 Å². The molecule has 6 aromatic rings. The molecule has 2 heterocycles. The van der Waals surface area contributed by atoms with Crippen molar-refractivity contribution in [1.29, 1.82) is 0 Å². The molecule has 0 fully saturated rings. The van der Waals surface area contributed by atoms with Gasteiger partial charge in [-0.05, 0) is 57.8 Å². The Kier molecular flexibility index (Phi) is 6.54. The maximum absolute atomic E-state index is 13.6. The fraction of sp³-hybridized carbons (Fsp3) is 0.0606. The van der Waals surface area contributed by atoms with Gasteiger partial charge in [0, 0.05) is 30.3 Å². The Bertz CT molecular complexity index is 1880. The van der Waals surface area contributed by atoms with Gasteiger partial charge in [0.2, 0.25) is 0 Å². The number of rotatable bonds is 7. The zero-order valence-electron chi connectivity index (χ0n) is 21.3. The molecule has 7 heteroatoms. The molecule has 6 rings (SSSR count). The smallest absolute Gasteiger partial charge is 0.335 e. The first kappa shape index (κ1) is 25.0. The van der Waals surface area contributed by atoms with E-state index < -0.39 is 5.97 Å². The number of carbonyl (C=O) groups excluding carboxylic acids is 1. The van der Waals surface area contributed by atoms with E-state index in [4.69, 9.17) is 5.11 Å². The molecule has 40 heavy (non-hydrogen) atoms. The summed E-state index contributed by atoms with van der Waals surface area (Å²) in [6.45, 7) is 0.241. The lowest BCUT2D eigenvalue weighted by Gasteiger charge is -2.12. The third-order valence-electron chi connectivity index (χ3n) is 6.95. The summed E-state index contributed by atoms with van der Waals surface area (Å²) in [5.74, 6) is -1.53. The van der Waals surface area contributed by atoms with E-state index in [-0.39, 0.29) is 23.8 Å². The second-order valence-electron chi connectivity index (χ2n) is 9.66. The summed E-state index contributed by atoms with van der Waals surface area (Å²) in [5.41, 5.74) is 5.89. The van der Waals surface area contributed by atoms with Gasteiger partial charge in [-0.25, -0.2) is 13.7 Å². The van der Waals surface area contributed by atoms with Gasteiger partial charge < -0.3 is 10.4 Å². The van der Waals surface area contributed by atoms with Crippen LogP contribution in [0, 0.1) is 5.82 Å². The SMILES string of the molecule is O=C(O)c1ccc(CNC(=O)c2cc(-c3ccccc3)cn3ncc(Cc4ccc5cc(F)ccc5c4)c23)cc1. The minimum Gasteiger partial charge on any atom is -0.478 e. The molecule has 196 valence electrons. The second kappa shape index (κ2) is 10.5. The van der Waals surface area contributed by atoms with Crippen LogP contribution in [0.5, 0.6) is 0 Å². The van der Waals surface area contributed by atoms with Gasteiger partial charge in [-0.3, -0.25) is 4.79 Å². The van der Waals surface area contributed by atoms with Crippen molar-refractivity contribution < 1.29 is 19.1 Å². The number of pyridine rings is 1. The average molecular weight is 530 g/mol. The van der Waals surface area contributed by atoms with Crippen molar-refractivity contribution >= 4 is 28.2 Å². The third kappa shape index (κ3) is 5.05. The van der Waals surface area contributed by atoms with Gasteiger partial charge in [0.1, 0.15) is 5.82 Å². The highest BCUT2D eigenvalue weighted by Gasteiger charge is 2.18. The normalized spacial score (nSPS) is 11.1. The molecule has 0 atom stereocenters. The van der Waals surface area contributed by atoms with E-state index >= 15 is 0 Å². The molecular weight excluding hydrogens is 505 g/mol. The van der Waals surface area contributed by atoms with Crippen LogP contribution in [-0.4, -0.2) is 26.6 Å². The molecule has 0 spiro atoms. The summed E-state index contributed by atoms with van der Waals surface area (Å²) in [4.78, 5) is 24.8. The first-order valence-corrected chi connectivity index (χ1v) is 12.8. The average Bonchev–Trinajstić information content (AvgIpc) is 3.38. The predicted molar refractivity (Wildman–Crippen MR) is 152 cm³/mol. The monoisotopic (exact) mass is 529 g/mol. The number of halogens is 1. The first-order valence-electron chi connectivity index (χ1n) is 12.8. The van der Waals surface area contributed by atoms with E-state index in [0.717, 1.165) is 38.6 Å². The predicted octanol–water partition coefficient (Wildman–Crippen LogP) is 6.51. The largest absolute Gasteiger partial charge is 0.478 e. The van der Waals surface area contributed by atoms with Gasteiger partial charge in [0.25, 0.3) is 5.91 Å². The Morgan fingerprint density at radius 1 is 0.825 bits per heavy atom. The number of hydrogen-bond donors (Lipinski definition) is 2. The number of carbonyl (C=O) groups is 2. The molecule has 0 bridgehead atoms. The minimum atomic E-state index is -0.998. The summed E-state index contributed by atoms with van der Waals surface area (Å²) in [6.07, 6.45) is 4.23. The molecule has 0 aliphatic rings. The van der Waals surface area contributed by atoms with Crippen LogP contribution >= 0.6 is 0 Å². The van der Waals surface area contributed by atoms with Crippen molar-refractivity contribution in [1.82, 2.24) is 14.9 Å². The molecule has 2 N–H and O–H groups in total. The van der Waals surface area contributed by atoms with Crippen molar-refractivity contribution in [3.63, 3.8) is 0 Å². The van der Waals surface area contributed by atoms with Crippen molar-refractivity contribution in [2.75, 3.05) is 0 Å². The van der Waals surface area contributed by atoms with Crippen molar-refractivity contribution in [2.24, 2.45) is 0 Å². The Morgan fingerprint density at radius 3 is 2.33 bits per heavy atom. The molecule has 0 unspecified atom stereocenters. The van der Waals surface area contributed by atoms with E-state index in [1.165, 1.54) is 24.3 Å². The number of nitrogens with zero attached hydrogens (tertiary/aromatic N) is 2. The van der Waals surface area contributed by atoms with Crippen molar-refractivity contribution in [3.8, 4) is 11.1 Å². The standard InChI is InChI=1S/C33H24FN3O3/c34-29-13-12-25-14-22(8-11-26(25)16-29)15-27-19-36-37-20-28(23-4-2-1-3-5-23)17-30(31(27)37)32(38)35-18-21-6-9-24(10-7-21)33(39)40/h1-14,16-17,19-20H,15,18H2,(H,35,38)(H,39,40). The summed E-state index contributed by atoms with van der Waals surface area (Å²) in [6, 6.07) is 28.7. The van der Waals surface area contributed by atoms with Crippen LogP contribution in [0.4, 0.5) is 4.39 Å². The zero-order chi connectivity index (χ0) is 27.6. The minimum absolute atomic E-state index is 0.190. The fourth-order valence-corrected chi connectivity index (χ4v) is 4.91. The van der Waals surface area contributed by atoms with Gasteiger partial charge in [-0.2, -0.15) is 5.10 Å². The van der Waals surface area contributed by atoms with Crippen molar-refractivity contribution in [3.05, 3.63) is 143 Å². The summed E-state index contributed by atoms with van der Waals surface area (Å²) in [5, 5.41) is 18.5. The molecular formula is C33H24FN3O3. The van der Waals surface area contributed by atoms with Crippen molar-refractivity contribution in [2.45, 2.75) is 13.0 Å².